The van der Waals surface area contributed by atoms with Gasteiger partial charge in [0.25, 0.3) is 0 Å². The van der Waals surface area contributed by atoms with Crippen LogP contribution < -0.4 is 5.14 Å². The van der Waals surface area contributed by atoms with Crippen molar-refractivity contribution >= 4 is 34.3 Å². The van der Waals surface area contributed by atoms with Crippen LogP contribution in [-0.2, 0) is 14.4 Å². The van der Waals surface area contributed by atoms with Gasteiger partial charge in [-0.2, -0.15) is 0 Å². The number of nitrogens with two attached hydrogens (primary N) is 1. The SMILES string of the molecule is C[C@@H]([C@H](O[Si](C)(C)C(C)(C)C)c1ccc(Br)cc1F)S(N)(=O)=O. The fourth-order valence-corrected chi connectivity index (χ4v) is 4.11. The third-order valence-electron chi connectivity index (χ3n) is 4.44. The summed E-state index contributed by atoms with van der Waals surface area (Å²) >= 11 is 3.20. The van der Waals surface area contributed by atoms with Crippen molar-refractivity contribution in [1.29, 1.82) is 0 Å². The molecule has 1 aromatic rings. The highest BCUT2D eigenvalue weighted by Crippen LogP contribution is 2.41. The van der Waals surface area contributed by atoms with E-state index in [-0.39, 0.29) is 10.6 Å². The van der Waals surface area contributed by atoms with E-state index in [1.807, 2.05) is 33.9 Å². The van der Waals surface area contributed by atoms with Crippen LogP contribution in [0.25, 0.3) is 0 Å². The van der Waals surface area contributed by atoms with E-state index in [0.29, 0.717) is 4.47 Å². The molecule has 0 saturated carbocycles. The van der Waals surface area contributed by atoms with E-state index in [4.69, 9.17) is 9.56 Å². The van der Waals surface area contributed by atoms with Crippen molar-refractivity contribution in [1.82, 2.24) is 0 Å². The summed E-state index contributed by atoms with van der Waals surface area (Å²) in [6, 6.07) is 4.50. The maximum Gasteiger partial charge on any atom is 0.214 e. The van der Waals surface area contributed by atoms with Gasteiger partial charge < -0.3 is 4.43 Å². The Morgan fingerprint density at radius 3 is 2.22 bits per heavy atom. The monoisotopic (exact) mass is 425 g/mol. The summed E-state index contributed by atoms with van der Waals surface area (Å²) in [5, 5.41) is 4.11. The Hall–Kier alpha value is -0.283. The van der Waals surface area contributed by atoms with Crippen LogP contribution in [0.3, 0.4) is 0 Å². The molecule has 2 N–H and O–H groups in total. The van der Waals surface area contributed by atoms with Crippen molar-refractivity contribution in [3.63, 3.8) is 0 Å². The average Bonchev–Trinajstić information content (AvgIpc) is 2.33. The van der Waals surface area contributed by atoms with Gasteiger partial charge in [-0.1, -0.05) is 42.8 Å². The van der Waals surface area contributed by atoms with Crippen LogP contribution in [0.2, 0.25) is 18.1 Å². The van der Waals surface area contributed by atoms with Crippen molar-refractivity contribution in [2.75, 3.05) is 0 Å². The fraction of sp³-hybridized carbons (Fsp3) is 0.600. The second kappa shape index (κ2) is 6.91. The summed E-state index contributed by atoms with van der Waals surface area (Å²) in [6.45, 7) is 11.6. The smallest absolute Gasteiger partial charge is 0.214 e. The zero-order chi connectivity index (χ0) is 18.2. The largest absolute Gasteiger partial charge is 0.408 e. The first-order chi connectivity index (χ1) is 10.2. The highest BCUT2D eigenvalue weighted by Gasteiger charge is 2.43. The lowest BCUT2D eigenvalue weighted by atomic mass is 10.1. The Morgan fingerprint density at radius 1 is 1.30 bits per heavy atom. The molecule has 0 aliphatic carbocycles. The highest BCUT2D eigenvalue weighted by atomic mass is 79.9. The third-order valence-corrected chi connectivity index (χ3v) is 10.7. The van der Waals surface area contributed by atoms with Crippen molar-refractivity contribution in [3.05, 3.63) is 34.1 Å². The molecule has 0 radical (unpaired) electrons. The van der Waals surface area contributed by atoms with Gasteiger partial charge in [-0.15, -0.1) is 0 Å². The molecule has 0 spiro atoms. The molecule has 0 saturated heterocycles. The van der Waals surface area contributed by atoms with Gasteiger partial charge in [-0.05, 0) is 37.2 Å². The van der Waals surface area contributed by atoms with Gasteiger partial charge >= 0.3 is 0 Å². The van der Waals surface area contributed by atoms with Crippen LogP contribution in [0.4, 0.5) is 4.39 Å². The molecule has 1 rings (SSSR count). The van der Waals surface area contributed by atoms with E-state index < -0.39 is 35.5 Å². The second-order valence-corrected chi connectivity index (χ2v) is 14.9. The van der Waals surface area contributed by atoms with Crippen LogP contribution in [0.15, 0.2) is 22.7 Å². The predicted octanol–water partition coefficient (Wildman–Crippen LogP) is 4.33. The highest BCUT2D eigenvalue weighted by molar-refractivity contribution is 9.10. The van der Waals surface area contributed by atoms with Crippen molar-refractivity contribution in [2.45, 2.75) is 57.2 Å². The number of primary sulfonamides is 1. The molecule has 0 amide bonds. The molecular formula is C15H25BrFNO3SSi. The zero-order valence-corrected chi connectivity index (χ0v) is 17.8. The van der Waals surface area contributed by atoms with Crippen LogP contribution in [0.5, 0.6) is 0 Å². The first-order valence-electron chi connectivity index (χ1n) is 7.31. The van der Waals surface area contributed by atoms with E-state index in [9.17, 15) is 12.8 Å². The first-order valence-corrected chi connectivity index (χ1v) is 12.6. The number of sulfonamides is 1. The Morgan fingerprint density at radius 2 is 1.83 bits per heavy atom. The van der Waals surface area contributed by atoms with Crippen LogP contribution in [-0.4, -0.2) is 22.0 Å². The number of rotatable bonds is 5. The summed E-state index contributed by atoms with van der Waals surface area (Å²) in [5.41, 5.74) is 0.208. The quantitative estimate of drug-likeness (QED) is 0.713. The Kier molecular flexibility index (Phi) is 6.24. The van der Waals surface area contributed by atoms with E-state index in [1.54, 1.807) is 12.1 Å². The first kappa shape index (κ1) is 20.8. The lowest BCUT2D eigenvalue weighted by molar-refractivity contribution is 0.177. The molecule has 0 unspecified atom stereocenters. The summed E-state index contributed by atoms with van der Waals surface area (Å²) < 4.78 is 44.9. The molecule has 8 heteroatoms. The summed E-state index contributed by atoms with van der Waals surface area (Å²) in [4.78, 5) is 0. The minimum atomic E-state index is -3.88. The van der Waals surface area contributed by atoms with E-state index in [1.165, 1.54) is 13.0 Å². The number of halogens is 2. The third kappa shape index (κ3) is 5.09. The Labute approximate surface area is 147 Å². The van der Waals surface area contributed by atoms with Gasteiger partial charge in [0, 0.05) is 10.0 Å². The molecule has 0 heterocycles. The van der Waals surface area contributed by atoms with Gasteiger partial charge in [0.05, 0.1) is 6.10 Å². The van der Waals surface area contributed by atoms with Crippen LogP contribution in [0.1, 0.15) is 39.4 Å². The molecule has 2 atom stereocenters. The second-order valence-electron chi connectivity index (χ2n) is 7.26. The maximum atomic E-state index is 14.4. The molecule has 4 nitrogen and oxygen atoms in total. The van der Waals surface area contributed by atoms with Gasteiger partial charge in [-0.3, -0.25) is 0 Å². The normalized spacial score (nSPS) is 16.2. The summed E-state index contributed by atoms with van der Waals surface area (Å²) in [5.74, 6) is -0.515. The molecular weight excluding hydrogens is 401 g/mol. The fourth-order valence-electron chi connectivity index (χ4n) is 1.81. The molecule has 1 aromatic carbocycles. The molecule has 0 aliphatic heterocycles. The van der Waals surface area contributed by atoms with Crippen molar-refractivity contribution < 1.29 is 17.2 Å². The number of benzene rings is 1. The maximum absolute atomic E-state index is 14.4. The van der Waals surface area contributed by atoms with E-state index >= 15 is 0 Å². The zero-order valence-electron chi connectivity index (χ0n) is 14.4. The minimum absolute atomic E-state index is 0.144. The molecule has 0 aliphatic rings. The molecule has 0 fully saturated rings. The number of hydrogen-bond acceptors (Lipinski definition) is 3. The van der Waals surface area contributed by atoms with Crippen LogP contribution >= 0.6 is 15.9 Å². The van der Waals surface area contributed by atoms with Gasteiger partial charge in [0.1, 0.15) is 11.1 Å². The Balaban J connectivity index is 3.39. The van der Waals surface area contributed by atoms with E-state index in [2.05, 4.69) is 15.9 Å². The molecule has 132 valence electrons. The van der Waals surface area contributed by atoms with Gasteiger partial charge in [0.2, 0.25) is 10.0 Å². The number of hydrogen-bond donors (Lipinski definition) is 1. The van der Waals surface area contributed by atoms with E-state index in [0.717, 1.165) is 0 Å². The van der Waals surface area contributed by atoms with Gasteiger partial charge in [-0.25, -0.2) is 17.9 Å². The minimum Gasteiger partial charge on any atom is -0.408 e. The van der Waals surface area contributed by atoms with Crippen molar-refractivity contribution in [3.8, 4) is 0 Å². The standard InChI is InChI=1S/C15H25BrFNO3SSi/c1-10(22(18,19)20)14(21-23(5,6)15(2,3)4)12-8-7-11(16)9-13(12)17/h7-10,14H,1-6H3,(H2,18,19,20)/t10-,14-/m0/s1. The van der Waals surface area contributed by atoms with Gasteiger partial charge in [0.15, 0.2) is 8.32 Å². The predicted molar refractivity (Wildman–Crippen MR) is 97.7 cm³/mol. The Bertz CT molecular complexity index is 674. The summed E-state index contributed by atoms with van der Waals surface area (Å²) in [6.07, 6.45) is -0.945. The lowest BCUT2D eigenvalue weighted by Gasteiger charge is -2.40. The molecule has 0 aromatic heterocycles. The van der Waals surface area contributed by atoms with Crippen LogP contribution in [0, 0.1) is 5.82 Å². The van der Waals surface area contributed by atoms with Crippen molar-refractivity contribution in [2.24, 2.45) is 5.14 Å². The summed E-state index contributed by atoms with van der Waals surface area (Å²) in [7, 11) is -6.20. The topological polar surface area (TPSA) is 69.4 Å². The average molecular weight is 426 g/mol. The molecule has 23 heavy (non-hydrogen) atoms. The lowest BCUT2D eigenvalue weighted by Crippen LogP contribution is -2.45. The molecule has 0 bridgehead atoms.